The lowest BCUT2D eigenvalue weighted by Crippen LogP contribution is -2.25. The van der Waals surface area contributed by atoms with Crippen molar-refractivity contribution in [1.82, 2.24) is 0 Å². The highest BCUT2D eigenvalue weighted by molar-refractivity contribution is 5.14. The van der Waals surface area contributed by atoms with Gasteiger partial charge >= 0.3 is 0 Å². The van der Waals surface area contributed by atoms with Crippen molar-refractivity contribution < 1.29 is 0 Å². The zero-order valence-electron chi connectivity index (χ0n) is 8.56. The first-order valence-corrected chi connectivity index (χ1v) is 4.93. The first-order valence-electron chi connectivity index (χ1n) is 4.93. The average molecular weight is 164 g/mol. The monoisotopic (exact) mass is 164 g/mol. The van der Waals surface area contributed by atoms with E-state index in [0.717, 1.165) is 5.92 Å². The molecule has 0 aliphatic heterocycles. The molecule has 0 aromatic rings. The van der Waals surface area contributed by atoms with Gasteiger partial charge in [0.05, 0.1) is 0 Å². The molecule has 0 nitrogen and oxygen atoms in total. The molecule has 2 unspecified atom stereocenters. The highest BCUT2D eigenvalue weighted by Crippen LogP contribution is 2.43. The molecule has 0 saturated heterocycles. The van der Waals surface area contributed by atoms with Gasteiger partial charge in [0, 0.05) is 0 Å². The smallest absolute Gasteiger partial charge is 0.00562 e. The molecule has 0 spiro atoms. The fourth-order valence-corrected chi connectivity index (χ4v) is 2.23. The summed E-state index contributed by atoms with van der Waals surface area (Å²) in [6.45, 7) is 10.9. The lowest BCUT2D eigenvalue weighted by Gasteiger charge is -2.37. The van der Waals surface area contributed by atoms with Crippen LogP contribution in [0.2, 0.25) is 0 Å². The summed E-state index contributed by atoms with van der Waals surface area (Å²) in [4.78, 5) is 0. The molecule has 0 heterocycles. The van der Waals surface area contributed by atoms with Gasteiger partial charge in [0.1, 0.15) is 0 Å². The molecule has 0 bridgehead atoms. The molecule has 1 aliphatic rings. The van der Waals surface area contributed by atoms with Crippen LogP contribution in [0.1, 0.15) is 40.0 Å². The average Bonchev–Trinajstić information content (AvgIpc) is 2.04. The molecular weight excluding hydrogens is 144 g/mol. The van der Waals surface area contributed by atoms with Crippen molar-refractivity contribution >= 4 is 0 Å². The van der Waals surface area contributed by atoms with Gasteiger partial charge in [-0.25, -0.2) is 0 Å². The van der Waals surface area contributed by atoms with Crippen molar-refractivity contribution in [2.75, 3.05) is 0 Å². The fourth-order valence-electron chi connectivity index (χ4n) is 2.23. The summed E-state index contributed by atoms with van der Waals surface area (Å²) in [7, 11) is 0. The third kappa shape index (κ3) is 1.63. The van der Waals surface area contributed by atoms with Gasteiger partial charge in [-0.05, 0) is 37.5 Å². The van der Waals surface area contributed by atoms with E-state index >= 15 is 0 Å². The van der Waals surface area contributed by atoms with Crippen LogP contribution in [-0.2, 0) is 0 Å². The first-order chi connectivity index (χ1) is 5.60. The van der Waals surface area contributed by atoms with Gasteiger partial charge in [0.25, 0.3) is 0 Å². The van der Waals surface area contributed by atoms with Crippen LogP contribution in [-0.4, -0.2) is 0 Å². The summed E-state index contributed by atoms with van der Waals surface area (Å²) in [5.74, 6) is 0.732. The second-order valence-electron chi connectivity index (χ2n) is 4.23. The lowest BCUT2D eigenvalue weighted by molar-refractivity contribution is 0.272. The Bertz CT molecular complexity index is 200. The molecule has 0 N–H and O–H groups in total. The topological polar surface area (TPSA) is 0 Å². The molecule has 12 heavy (non-hydrogen) atoms. The maximum absolute atomic E-state index is 4.12. The Morgan fingerprint density at radius 3 is 2.67 bits per heavy atom. The molecule has 0 radical (unpaired) electrons. The Labute approximate surface area is 76.4 Å². The van der Waals surface area contributed by atoms with Crippen molar-refractivity contribution in [2.24, 2.45) is 11.3 Å². The van der Waals surface area contributed by atoms with Gasteiger partial charge in [0.2, 0.25) is 0 Å². The third-order valence-electron chi connectivity index (χ3n) is 3.27. The van der Waals surface area contributed by atoms with E-state index in [2.05, 4.69) is 39.5 Å². The van der Waals surface area contributed by atoms with Crippen LogP contribution < -0.4 is 0 Å². The quantitative estimate of drug-likeness (QED) is 0.542. The summed E-state index contributed by atoms with van der Waals surface area (Å²) in [5, 5.41) is 0. The standard InChI is InChI=1S/C12H20/c1-5-12(10(2)3)8-6-7-11(4)9-12/h6-7,11H,2,5,8-9H2,1,3-4H3. The molecular formula is C12H20. The van der Waals surface area contributed by atoms with Crippen LogP contribution in [0, 0.1) is 11.3 Å². The van der Waals surface area contributed by atoms with Crippen LogP contribution in [0.4, 0.5) is 0 Å². The summed E-state index contributed by atoms with van der Waals surface area (Å²) in [5.41, 5.74) is 1.77. The van der Waals surface area contributed by atoms with E-state index in [1.54, 1.807) is 0 Å². The molecule has 1 rings (SSSR count). The van der Waals surface area contributed by atoms with Crippen LogP contribution >= 0.6 is 0 Å². The minimum atomic E-state index is 0.411. The SMILES string of the molecule is C=C(C)C1(CC)CC=CC(C)C1. The molecule has 0 aromatic heterocycles. The van der Waals surface area contributed by atoms with E-state index in [9.17, 15) is 0 Å². The zero-order valence-corrected chi connectivity index (χ0v) is 8.56. The molecule has 0 fully saturated rings. The van der Waals surface area contributed by atoms with Gasteiger partial charge in [-0.3, -0.25) is 0 Å². The maximum Gasteiger partial charge on any atom is -0.00562 e. The summed E-state index contributed by atoms with van der Waals surface area (Å²) in [6, 6.07) is 0. The fraction of sp³-hybridized carbons (Fsp3) is 0.667. The number of allylic oxidation sites excluding steroid dienone is 3. The van der Waals surface area contributed by atoms with Gasteiger partial charge in [-0.15, -0.1) is 0 Å². The van der Waals surface area contributed by atoms with E-state index in [1.165, 1.54) is 24.8 Å². The van der Waals surface area contributed by atoms with E-state index in [4.69, 9.17) is 0 Å². The maximum atomic E-state index is 4.12. The number of rotatable bonds is 2. The second-order valence-corrected chi connectivity index (χ2v) is 4.23. The van der Waals surface area contributed by atoms with Crippen LogP contribution in [0.15, 0.2) is 24.3 Å². The van der Waals surface area contributed by atoms with E-state index in [-0.39, 0.29) is 0 Å². The van der Waals surface area contributed by atoms with Crippen molar-refractivity contribution in [3.63, 3.8) is 0 Å². The van der Waals surface area contributed by atoms with Gasteiger partial charge in [0.15, 0.2) is 0 Å². The Balaban J connectivity index is 2.81. The largest absolute Gasteiger partial charge is 0.0996 e. The molecule has 0 heteroatoms. The second kappa shape index (κ2) is 3.47. The minimum absolute atomic E-state index is 0.411. The van der Waals surface area contributed by atoms with E-state index < -0.39 is 0 Å². The zero-order chi connectivity index (χ0) is 9.19. The number of hydrogen-bond donors (Lipinski definition) is 0. The summed E-state index contributed by atoms with van der Waals surface area (Å²) >= 11 is 0. The minimum Gasteiger partial charge on any atom is -0.0996 e. The van der Waals surface area contributed by atoms with Crippen molar-refractivity contribution in [3.8, 4) is 0 Å². The Morgan fingerprint density at radius 1 is 1.67 bits per heavy atom. The van der Waals surface area contributed by atoms with E-state index in [0.29, 0.717) is 5.41 Å². The summed E-state index contributed by atoms with van der Waals surface area (Å²) in [6.07, 6.45) is 8.37. The molecule has 1 aliphatic carbocycles. The predicted octanol–water partition coefficient (Wildman–Crippen LogP) is 3.95. The van der Waals surface area contributed by atoms with Crippen LogP contribution in [0.25, 0.3) is 0 Å². The molecule has 0 amide bonds. The van der Waals surface area contributed by atoms with Crippen LogP contribution in [0.5, 0.6) is 0 Å². The highest BCUT2D eigenvalue weighted by Gasteiger charge is 2.31. The molecule has 0 aromatic carbocycles. The van der Waals surface area contributed by atoms with Crippen molar-refractivity contribution in [1.29, 1.82) is 0 Å². The third-order valence-corrected chi connectivity index (χ3v) is 3.27. The van der Waals surface area contributed by atoms with Gasteiger partial charge < -0.3 is 0 Å². The number of hydrogen-bond acceptors (Lipinski definition) is 0. The highest BCUT2D eigenvalue weighted by atomic mass is 14.4. The molecule has 2 atom stereocenters. The molecule has 68 valence electrons. The Kier molecular flexibility index (Phi) is 2.76. The molecule has 0 saturated carbocycles. The first kappa shape index (κ1) is 9.57. The van der Waals surface area contributed by atoms with Crippen LogP contribution in [0.3, 0.4) is 0 Å². The summed E-state index contributed by atoms with van der Waals surface area (Å²) < 4.78 is 0. The van der Waals surface area contributed by atoms with Crippen molar-refractivity contribution in [2.45, 2.75) is 40.0 Å². The van der Waals surface area contributed by atoms with E-state index in [1.807, 2.05) is 0 Å². The van der Waals surface area contributed by atoms with Gasteiger partial charge in [-0.1, -0.05) is 38.2 Å². The van der Waals surface area contributed by atoms with Crippen molar-refractivity contribution in [3.05, 3.63) is 24.3 Å². The normalized spacial score (nSPS) is 35.1. The predicted molar refractivity (Wildman–Crippen MR) is 55.1 cm³/mol. The Hall–Kier alpha value is -0.520. The Morgan fingerprint density at radius 2 is 2.33 bits per heavy atom. The van der Waals surface area contributed by atoms with Gasteiger partial charge in [-0.2, -0.15) is 0 Å². The lowest BCUT2D eigenvalue weighted by atomic mass is 9.68.